The third kappa shape index (κ3) is 109000. The highest BCUT2D eigenvalue weighted by Gasteiger charge is 1.68. The van der Waals surface area contributed by atoms with Crippen molar-refractivity contribution in [2.24, 2.45) is 5.92 Å². The van der Waals surface area contributed by atoms with Crippen molar-refractivity contribution in [3.05, 3.63) is 12.1 Å². The Morgan fingerprint density at radius 1 is 1.43 bits per heavy atom. The van der Waals surface area contributed by atoms with Crippen LogP contribution in [0.1, 0.15) is 20.8 Å². The van der Waals surface area contributed by atoms with E-state index in [1.165, 1.54) is 5.54 Å². The van der Waals surface area contributed by atoms with Gasteiger partial charge in [-0.1, -0.05) is 39.0 Å². The molecule has 0 aromatic rings. The van der Waals surface area contributed by atoms with Crippen LogP contribution < -0.4 is 0 Å². The molecule has 0 rings (SSSR count). The molecule has 0 fully saturated rings. The van der Waals surface area contributed by atoms with Gasteiger partial charge in [0.1, 0.15) is 0 Å². The van der Waals surface area contributed by atoms with E-state index in [2.05, 4.69) is 27.4 Å². The van der Waals surface area contributed by atoms with Crippen molar-refractivity contribution < 1.29 is 0 Å². The zero-order valence-corrected chi connectivity index (χ0v) is 6.00. The molecule has 44 valence electrons. The standard InChI is InChI=1S/C4H10.C2H3Cl/c1-4(2)3;1-2-3/h4H,1-3H3;2H,1H2. The van der Waals surface area contributed by atoms with E-state index in [9.17, 15) is 0 Å². The van der Waals surface area contributed by atoms with Crippen LogP contribution in [0.3, 0.4) is 0 Å². The average molecular weight is 121 g/mol. The van der Waals surface area contributed by atoms with E-state index in [0.717, 1.165) is 5.92 Å². The molecule has 0 amide bonds. The Hall–Kier alpha value is 0.0300. The van der Waals surface area contributed by atoms with Gasteiger partial charge in [0, 0.05) is 0 Å². The third-order valence-corrected chi connectivity index (χ3v) is 0. The highest BCUT2D eigenvalue weighted by Crippen LogP contribution is 1.81. The maximum absolute atomic E-state index is 4.76. The molecule has 0 aromatic carbocycles. The molecular weight excluding hydrogens is 108 g/mol. The molecule has 0 saturated heterocycles. The van der Waals surface area contributed by atoms with Gasteiger partial charge in [-0.25, -0.2) is 0 Å². The second-order valence-corrected chi connectivity index (χ2v) is 2.19. The van der Waals surface area contributed by atoms with Gasteiger partial charge in [-0.15, -0.1) is 0 Å². The zero-order chi connectivity index (χ0) is 6.28. The molecule has 7 heavy (non-hydrogen) atoms. The molecule has 0 radical (unpaired) electrons. The van der Waals surface area contributed by atoms with Crippen molar-refractivity contribution in [3.63, 3.8) is 0 Å². The van der Waals surface area contributed by atoms with E-state index in [1.54, 1.807) is 0 Å². The molecule has 0 heterocycles. The summed E-state index contributed by atoms with van der Waals surface area (Å²) in [6, 6.07) is 0. The van der Waals surface area contributed by atoms with E-state index < -0.39 is 0 Å². The van der Waals surface area contributed by atoms with Gasteiger partial charge in [-0.2, -0.15) is 0 Å². The molecule has 0 N–H and O–H groups in total. The largest absolute Gasteiger partial charge is 0.0936 e. The molecule has 0 unspecified atom stereocenters. The molecular formula is C6H13Cl. The van der Waals surface area contributed by atoms with Crippen molar-refractivity contribution in [2.45, 2.75) is 20.8 Å². The number of rotatable bonds is 0. The Morgan fingerprint density at radius 2 is 1.43 bits per heavy atom. The van der Waals surface area contributed by atoms with Crippen LogP contribution in [0, 0.1) is 5.92 Å². The second kappa shape index (κ2) is 9.39. The lowest BCUT2D eigenvalue weighted by Gasteiger charge is -1.79. The van der Waals surface area contributed by atoms with Gasteiger partial charge in [-0.05, 0) is 11.5 Å². The monoisotopic (exact) mass is 120 g/mol. The van der Waals surface area contributed by atoms with Crippen LogP contribution in [-0.4, -0.2) is 0 Å². The summed E-state index contributed by atoms with van der Waals surface area (Å²) >= 11 is 4.76. The first kappa shape index (κ1) is 10.1. The van der Waals surface area contributed by atoms with E-state index in [4.69, 9.17) is 11.6 Å². The van der Waals surface area contributed by atoms with Crippen LogP contribution in [0.2, 0.25) is 0 Å². The van der Waals surface area contributed by atoms with Gasteiger partial charge in [-0.3, -0.25) is 0 Å². The minimum absolute atomic E-state index is 0.833. The summed E-state index contributed by atoms with van der Waals surface area (Å²) in [6.07, 6.45) is 0. The lowest BCUT2D eigenvalue weighted by molar-refractivity contribution is 0.737. The Kier molecular flexibility index (Phi) is 13.6. The highest BCUT2D eigenvalue weighted by molar-refractivity contribution is 6.25. The Bertz CT molecular complexity index is 28.4. The molecule has 0 nitrogen and oxygen atoms in total. The van der Waals surface area contributed by atoms with Crippen LogP contribution in [0.25, 0.3) is 0 Å². The lowest BCUT2D eigenvalue weighted by Crippen LogP contribution is -1.66. The maximum Gasteiger partial charge on any atom is -0.00296 e. The van der Waals surface area contributed by atoms with Gasteiger partial charge in [0.05, 0.1) is 0 Å². The minimum atomic E-state index is 0.833. The van der Waals surface area contributed by atoms with Gasteiger partial charge >= 0.3 is 0 Å². The molecule has 0 atom stereocenters. The summed E-state index contributed by atoms with van der Waals surface area (Å²) in [5.74, 6) is 0.833. The smallest absolute Gasteiger partial charge is 0.00296 e. The van der Waals surface area contributed by atoms with Crippen LogP contribution in [0.15, 0.2) is 12.1 Å². The highest BCUT2D eigenvalue weighted by atomic mass is 35.5. The summed E-state index contributed by atoms with van der Waals surface area (Å²) in [7, 11) is 0. The maximum atomic E-state index is 4.76. The molecule has 0 aliphatic rings. The Morgan fingerprint density at radius 3 is 1.43 bits per heavy atom. The minimum Gasteiger partial charge on any atom is -0.0936 e. The molecule has 0 aliphatic heterocycles. The summed E-state index contributed by atoms with van der Waals surface area (Å²) in [5.41, 5.74) is 1.22. The molecule has 0 spiro atoms. The fourth-order valence-electron chi connectivity index (χ4n) is 0. The lowest BCUT2D eigenvalue weighted by atomic mass is 10.3. The van der Waals surface area contributed by atoms with Gasteiger partial charge in [0.2, 0.25) is 0 Å². The Labute approximate surface area is 51.2 Å². The van der Waals surface area contributed by atoms with Crippen molar-refractivity contribution >= 4 is 11.6 Å². The van der Waals surface area contributed by atoms with E-state index >= 15 is 0 Å². The van der Waals surface area contributed by atoms with Crippen LogP contribution in [0.4, 0.5) is 0 Å². The predicted octanol–water partition coefficient (Wildman–Crippen LogP) is 3.03. The summed E-state index contributed by atoms with van der Waals surface area (Å²) in [4.78, 5) is 0. The van der Waals surface area contributed by atoms with E-state index in [1.807, 2.05) is 0 Å². The summed E-state index contributed by atoms with van der Waals surface area (Å²) in [6.45, 7) is 9.63. The normalized spacial score (nSPS) is 7.00. The fraction of sp³-hybridized carbons (Fsp3) is 0.667. The van der Waals surface area contributed by atoms with Crippen molar-refractivity contribution in [2.75, 3.05) is 0 Å². The average Bonchev–Trinajstić information content (AvgIpc) is 1.33. The van der Waals surface area contributed by atoms with Crippen LogP contribution >= 0.6 is 11.6 Å². The number of halogens is 1. The Balaban J connectivity index is 0. The van der Waals surface area contributed by atoms with Gasteiger partial charge in [0.25, 0.3) is 0 Å². The molecule has 0 aromatic heterocycles. The molecule has 0 saturated carbocycles. The quantitative estimate of drug-likeness (QED) is 0.461. The first-order valence-electron chi connectivity index (χ1n) is 2.36. The van der Waals surface area contributed by atoms with Crippen molar-refractivity contribution in [1.82, 2.24) is 0 Å². The number of hydrogen-bond acceptors (Lipinski definition) is 0. The van der Waals surface area contributed by atoms with E-state index in [0.29, 0.717) is 0 Å². The summed E-state index contributed by atoms with van der Waals surface area (Å²) in [5, 5.41) is 0. The molecule has 0 bridgehead atoms. The third-order valence-electron chi connectivity index (χ3n) is 0. The molecule has 1 heteroatoms. The summed E-state index contributed by atoms with van der Waals surface area (Å²) < 4.78 is 0. The molecule has 0 aliphatic carbocycles. The first-order chi connectivity index (χ1) is 3.15. The van der Waals surface area contributed by atoms with Crippen molar-refractivity contribution in [3.8, 4) is 0 Å². The van der Waals surface area contributed by atoms with Gasteiger partial charge in [0.15, 0.2) is 0 Å². The first-order valence-corrected chi connectivity index (χ1v) is 2.79. The second-order valence-electron chi connectivity index (χ2n) is 1.89. The topological polar surface area (TPSA) is 0 Å². The predicted molar refractivity (Wildman–Crippen MR) is 36.6 cm³/mol. The van der Waals surface area contributed by atoms with Crippen LogP contribution in [-0.2, 0) is 0 Å². The zero-order valence-electron chi connectivity index (χ0n) is 5.24. The number of hydrogen-bond donors (Lipinski definition) is 0. The fourth-order valence-corrected chi connectivity index (χ4v) is 0. The SMILES string of the molecule is C=CCl.CC(C)C. The van der Waals surface area contributed by atoms with Gasteiger partial charge < -0.3 is 0 Å². The van der Waals surface area contributed by atoms with E-state index in [-0.39, 0.29) is 0 Å². The van der Waals surface area contributed by atoms with Crippen LogP contribution in [0.5, 0.6) is 0 Å². The van der Waals surface area contributed by atoms with Crippen molar-refractivity contribution in [1.29, 1.82) is 0 Å².